The van der Waals surface area contributed by atoms with Gasteiger partial charge in [-0.05, 0) is 56.6 Å². The van der Waals surface area contributed by atoms with Crippen molar-refractivity contribution < 1.29 is 14.4 Å². The molecule has 0 radical (unpaired) electrons. The van der Waals surface area contributed by atoms with Crippen LogP contribution in [0.5, 0.6) is 0 Å². The molecule has 28 heavy (non-hydrogen) atoms. The maximum Gasteiger partial charge on any atom is 0.251 e. The van der Waals surface area contributed by atoms with Gasteiger partial charge in [-0.2, -0.15) is 0 Å². The lowest BCUT2D eigenvalue weighted by atomic mass is 10.2. The fourth-order valence-electron chi connectivity index (χ4n) is 3.75. The molecule has 1 aromatic rings. The summed E-state index contributed by atoms with van der Waals surface area (Å²) in [4.78, 5) is 40.1. The number of amides is 3. The van der Waals surface area contributed by atoms with E-state index in [4.69, 9.17) is 0 Å². The Kier molecular flexibility index (Phi) is 7.42. The molecule has 2 heterocycles. The molecule has 2 aliphatic heterocycles. The van der Waals surface area contributed by atoms with Crippen LogP contribution in [0.2, 0.25) is 0 Å². The molecule has 0 aromatic heterocycles. The molecule has 3 rings (SSSR count). The molecule has 2 saturated heterocycles. The van der Waals surface area contributed by atoms with Crippen molar-refractivity contribution in [2.45, 2.75) is 38.5 Å². The second-order valence-electron chi connectivity index (χ2n) is 7.48. The Morgan fingerprint density at radius 3 is 2.25 bits per heavy atom. The maximum absolute atomic E-state index is 12.2. The van der Waals surface area contributed by atoms with Crippen LogP contribution in [0.1, 0.15) is 48.9 Å². The van der Waals surface area contributed by atoms with Crippen molar-refractivity contribution in [1.29, 1.82) is 0 Å². The predicted molar refractivity (Wildman–Crippen MR) is 108 cm³/mol. The highest BCUT2D eigenvalue weighted by molar-refractivity contribution is 5.98. The number of carbonyl (C=O) groups is 3. The molecule has 2 N–H and O–H groups in total. The molecule has 2 aliphatic rings. The highest BCUT2D eigenvalue weighted by atomic mass is 16.2. The molecule has 0 atom stereocenters. The smallest absolute Gasteiger partial charge is 0.251 e. The SMILES string of the molecule is O=C(CNC(=O)c1ccc(N2CCCC2=O)cc1)NCCN1CCCCCC1. The Labute approximate surface area is 166 Å². The summed E-state index contributed by atoms with van der Waals surface area (Å²) < 4.78 is 0. The summed E-state index contributed by atoms with van der Waals surface area (Å²) >= 11 is 0. The lowest BCUT2D eigenvalue weighted by Gasteiger charge is -2.19. The number of likely N-dealkylation sites (tertiary alicyclic amines) is 1. The van der Waals surface area contributed by atoms with Gasteiger partial charge in [-0.25, -0.2) is 0 Å². The van der Waals surface area contributed by atoms with Crippen LogP contribution in [0.25, 0.3) is 0 Å². The van der Waals surface area contributed by atoms with Gasteiger partial charge in [0.05, 0.1) is 6.54 Å². The zero-order valence-corrected chi connectivity index (χ0v) is 16.4. The van der Waals surface area contributed by atoms with Crippen LogP contribution in [0, 0.1) is 0 Å². The molecule has 1 aromatic carbocycles. The third-order valence-corrected chi connectivity index (χ3v) is 5.37. The molecule has 0 spiro atoms. The highest BCUT2D eigenvalue weighted by Gasteiger charge is 2.21. The van der Waals surface area contributed by atoms with E-state index in [0.29, 0.717) is 18.5 Å². The summed E-state index contributed by atoms with van der Waals surface area (Å²) in [5, 5.41) is 5.52. The number of hydrogen-bond acceptors (Lipinski definition) is 4. The lowest BCUT2D eigenvalue weighted by molar-refractivity contribution is -0.120. The van der Waals surface area contributed by atoms with Crippen LogP contribution in [-0.4, -0.2) is 61.9 Å². The molecular weight excluding hydrogens is 356 g/mol. The second-order valence-corrected chi connectivity index (χ2v) is 7.48. The molecule has 152 valence electrons. The van der Waals surface area contributed by atoms with E-state index in [1.165, 1.54) is 25.7 Å². The third kappa shape index (κ3) is 5.79. The van der Waals surface area contributed by atoms with Crippen molar-refractivity contribution in [2.24, 2.45) is 0 Å². The Bertz CT molecular complexity index is 681. The van der Waals surface area contributed by atoms with Crippen LogP contribution in [0.3, 0.4) is 0 Å². The number of nitrogens with one attached hydrogen (secondary N) is 2. The summed E-state index contributed by atoms with van der Waals surface area (Å²) in [5.41, 5.74) is 1.29. The van der Waals surface area contributed by atoms with E-state index >= 15 is 0 Å². The number of anilines is 1. The molecule has 0 unspecified atom stereocenters. The first kappa shape index (κ1) is 20.3. The molecule has 0 aliphatic carbocycles. The minimum Gasteiger partial charge on any atom is -0.353 e. The van der Waals surface area contributed by atoms with Crippen LogP contribution >= 0.6 is 0 Å². The molecular formula is C21H30N4O3. The van der Waals surface area contributed by atoms with Gasteiger partial charge in [0.2, 0.25) is 11.8 Å². The number of nitrogens with zero attached hydrogens (tertiary/aromatic N) is 2. The van der Waals surface area contributed by atoms with E-state index < -0.39 is 0 Å². The van der Waals surface area contributed by atoms with Crippen molar-refractivity contribution in [1.82, 2.24) is 15.5 Å². The van der Waals surface area contributed by atoms with Gasteiger partial charge in [0, 0.05) is 37.3 Å². The number of carbonyl (C=O) groups excluding carboxylic acids is 3. The van der Waals surface area contributed by atoms with E-state index in [2.05, 4.69) is 15.5 Å². The Balaban J connectivity index is 1.37. The fourth-order valence-corrected chi connectivity index (χ4v) is 3.75. The quantitative estimate of drug-likeness (QED) is 0.745. The minimum atomic E-state index is -0.290. The van der Waals surface area contributed by atoms with Crippen LogP contribution < -0.4 is 15.5 Å². The van der Waals surface area contributed by atoms with Gasteiger partial charge in [0.1, 0.15) is 0 Å². The summed E-state index contributed by atoms with van der Waals surface area (Å²) in [6, 6.07) is 6.93. The predicted octanol–water partition coefficient (Wildman–Crippen LogP) is 1.54. The van der Waals surface area contributed by atoms with Gasteiger partial charge >= 0.3 is 0 Å². The first-order chi connectivity index (χ1) is 13.6. The Hall–Kier alpha value is -2.41. The van der Waals surface area contributed by atoms with Gasteiger partial charge < -0.3 is 20.4 Å². The third-order valence-electron chi connectivity index (χ3n) is 5.37. The minimum absolute atomic E-state index is 0.0365. The summed E-state index contributed by atoms with van der Waals surface area (Å²) in [6.07, 6.45) is 6.50. The lowest BCUT2D eigenvalue weighted by Crippen LogP contribution is -2.40. The highest BCUT2D eigenvalue weighted by Crippen LogP contribution is 2.21. The fraction of sp³-hybridized carbons (Fsp3) is 0.571. The van der Waals surface area contributed by atoms with Crippen molar-refractivity contribution in [3.8, 4) is 0 Å². The zero-order valence-electron chi connectivity index (χ0n) is 16.4. The first-order valence-electron chi connectivity index (χ1n) is 10.3. The summed E-state index contributed by atoms with van der Waals surface area (Å²) in [5.74, 6) is -0.349. The standard InChI is InChI=1S/C21H30N4O3/c26-19(22-11-15-24-12-3-1-2-4-13-24)16-23-21(28)17-7-9-18(10-8-17)25-14-5-6-20(25)27/h7-10H,1-6,11-16H2,(H,22,26)(H,23,28). The number of hydrogen-bond donors (Lipinski definition) is 2. The van der Waals surface area contributed by atoms with Gasteiger partial charge in [-0.1, -0.05) is 12.8 Å². The van der Waals surface area contributed by atoms with Gasteiger partial charge in [0.15, 0.2) is 0 Å². The Morgan fingerprint density at radius 1 is 0.893 bits per heavy atom. The zero-order chi connectivity index (χ0) is 19.8. The van der Waals surface area contributed by atoms with Crippen LogP contribution in [0.4, 0.5) is 5.69 Å². The average Bonchev–Trinajstić information content (AvgIpc) is 2.97. The first-order valence-corrected chi connectivity index (χ1v) is 10.3. The van der Waals surface area contributed by atoms with E-state index in [1.807, 2.05) is 0 Å². The summed E-state index contributed by atoms with van der Waals surface area (Å²) in [6.45, 7) is 4.36. The van der Waals surface area contributed by atoms with E-state index in [9.17, 15) is 14.4 Å². The monoisotopic (exact) mass is 386 g/mol. The van der Waals surface area contributed by atoms with Gasteiger partial charge in [0.25, 0.3) is 5.91 Å². The molecule has 0 bridgehead atoms. The maximum atomic E-state index is 12.2. The van der Waals surface area contributed by atoms with Gasteiger partial charge in [-0.3, -0.25) is 14.4 Å². The van der Waals surface area contributed by atoms with Gasteiger partial charge in [-0.15, -0.1) is 0 Å². The Morgan fingerprint density at radius 2 is 1.61 bits per heavy atom. The van der Waals surface area contributed by atoms with Crippen molar-refractivity contribution >= 4 is 23.4 Å². The van der Waals surface area contributed by atoms with Crippen molar-refractivity contribution in [3.05, 3.63) is 29.8 Å². The van der Waals surface area contributed by atoms with Crippen molar-refractivity contribution in [2.75, 3.05) is 44.2 Å². The topological polar surface area (TPSA) is 81.8 Å². The molecule has 2 fully saturated rings. The molecule has 3 amide bonds. The van der Waals surface area contributed by atoms with E-state index in [1.54, 1.807) is 29.2 Å². The molecule has 7 nitrogen and oxygen atoms in total. The average molecular weight is 386 g/mol. The van der Waals surface area contributed by atoms with E-state index in [-0.39, 0.29) is 24.3 Å². The van der Waals surface area contributed by atoms with Crippen LogP contribution in [-0.2, 0) is 9.59 Å². The van der Waals surface area contributed by atoms with Crippen LogP contribution in [0.15, 0.2) is 24.3 Å². The largest absolute Gasteiger partial charge is 0.353 e. The molecule has 0 saturated carbocycles. The van der Waals surface area contributed by atoms with E-state index in [0.717, 1.165) is 38.3 Å². The second kappa shape index (κ2) is 10.2. The number of benzene rings is 1. The van der Waals surface area contributed by atoms with Crippen molar-refractivity contribution in [3.63, 3.8) is 0 Å². The normalized spacial score (nSPS) is 18.0. The molecule has 7 heteroatoms. The summed E-state index contributed by atoms with van der Waals surface area (Å²) in [7, 11) is 0. The number of rotatable bonds is 7.